The standard InChI is InChI=1S/C12H13BrClN/c1-7(2)15-11-5-4-9(14)6-10(11)8(3)12(15)13/h4-7H,1-3H3. The molecule has 0 aliphatic heterocycles. The van der Waals surface area contributed by atoms with Gasteiger partial charge in [0.1, 0.15) is 0 Å². The van der Waals surface area contributed by atoms with Gasteiger partial charge in [0.25, 0.3) is 0 Å². The van der Waals surface area contributed by atoms with Crippen molar-refractivity contribution < 1.29 is 0 Å². The Bertz CT molecular complexity index is 514. The lowest BCUT2D eigenvalue weighted by atomic mass is 10.2. The van der Waals surface area contributed by atoms with Gasteiger partial charge in [0.15, 0.2) is 0 Å². The van der Waals surface area contributed by atoms with E-state index in [4.69, 9.17) is 11.6 Å². The molecule has 0 atom stereocenters. The van der Waals surface area contributed by atoms with Gasteiger partial charge in [-0.1, -0.05) is 11.6 Å². The molecule has 0 saturated heterocycles. The Kier molecular flexibility index (Phi) is 2.82. The lowest BCUT2D eigenvalue weighted by Gasteiger charge is -2.11. The molecule has 1 heterocycles. The van der Waals surface area contributed by atoms with Gasteiger partial charge in [0.05, 0.1) is 4.60 Å². The van der Waals surface area contributed by atoms with Crippen LogP contribution in [0, 0.1) is 6.92 Å². The summed E-state index contributed by atoms with van der Waals surface area (Å²) in [5, 5.41) is 2.02. The Morgan fingerprint density at radius 3 is 2.60 bits per heavy atom. The number of fused-ring (bicyclic) bond motifs is 1. The Hall–Kier alpha value is -0.470. The van der Waals surface area contributed by atoms with Crippen molar-refractivity contribution in [2.45, 2.75) is 26.8 Å². The number of aromatic nitrogens is 1. The summed E-state index contributed by atoms with van der Waals surface area (Å²) in [4.78, 5) is 0. The normalized spacial score (nSPS) is 11.6. The molecule has 1 aromatic heterocycles. The largest absolute Gasteiger partial charge is 0.332 e. The predicted octanol–water partition coefficient (Wildman–Crippen LogP) is 4.95. The Morgan fingerprint density at radius 1 is 1.33 bits per heavy atom. The second-order valence-corrected chi connectivity index (χ2v) is 5.23. The van der Waals surface area contributed by atoms with Crippen molar-refractivity contribution in [1.29, 1.82) is 0 Å². The van der Waals surface area contributed by atoms with E-state index in [9.17, 15) is 0 Å². The van der Waals surface area contributed by atoms with E-state index in [0.29, 0.717) is 6.04 Å². The first-order valence-corrected chi connectivity index (χ1v) is 6.15. The molecule has 2 rings (SSSR count). The molecule has 1 aromatic carbocycles. The van der Waals surface area contributed by atoms with Gasteiger partial charge in [-0.2, -0.15) is 0 Å². The van der Waals surface area contributed by atoms with Crippen LogP contribution in [-0.2, 0) is 0 Å². The van der Waals surface area contributed by atoms with E-state index in [2.05, 4.69) is 47.3 Å². The first-order valence-electron chi connectivity index (χ1n) is 4.98. The van der Waals surface area contributed by atoms with E-state index < -0.39 is 0 Å². The topological polar surface area (TPSA) is 4.93 Å². The molecular weight excluding hydrogens is 273 g/mol. The van der Waals surface area contributed by atoms with Gasteiger partial charge in [-0.15, -0.1) is 0 Å². The Labute approximate surface area is 103 Å². The molecule has 0 radical (unpaired) electrons. The van der Waals surface area contributed by atoms with Gasteiger partial charge < -0.3 is 4.57 Å². The highest BCUT2D eigenvalue weighted by Crippen LogP contribution is 2.33. The van der Waals surface area contributed by atoms with Crippen molar-refractivity contribution in [2.24, 2.45) is 0 Å². The predicted molar refractivity (Wildman–Crippen MR) is 69.8 cm³/mol. The molecule has 0 saturated carbocycles. The quantitative estimate of drug-likeness (QED) is 0.699. The third-order valence-electron chi connectivity index (χ3n) is 2.66. The summed E-state index contributed by atoms with van der Waals surface area (Å²) in [6.07, 6.45) is 0. The molecule has 0 aliphatic carbocycles. The van der Waals surface area contributed by atoms with Gasteiger partial charge in [-0.25, -0.2) is 0 Å². The van der Waals surface area contributed by atoms with Crippen LogP contribution in [0.25, 0.3) is 10.9 Å². The van der Waals surface area contributed by atoms with Crippen molar-refractivity contribution in [3.05, 3.63) is 33.4 Å². The summed E-state index contributed by atoms with van der Waals surface area (Å²) in [7, 11) is 0. The maximum absolute atomic E-state index is 6.01. The second-order valence-electron chi connectivity index (χ2n) is 4.04. The van der Waals surface area contributed by atoms with Crippen LogP contribution in [0.3, 0.4) is 0 Å². The van der Waals surface area contributed by atoms with Crippen molar-refractivity contribution in [3.8, 4) is 0 Å². The van der Waals surface area contributed by atoms with E-state index in [1.165, 1.54) is 16.5 Å². The van der Waals surface area contributed by atoms with Crippen LogP contribution in [0.4, 0.5) is 0 Å². The average Bonchev–Trinajstić information content (AvgIpc) is 2.41. The maximum atomic E-state index is 6.01. The zero-order valence-corrected chi connectivity index (χ0v) is 11.4. The number of hydrogen-bond donors (Lipinski definition) is 0. The smallest absolute Gasteiger partial charge is 0.0889 e. The molecule has 80 valence electrons. The summed E-state index contributed by atoms with van der Waals surface area (Å²) in [5.74, 6) is 0. The average molecular weight is 287 g/mol. The van der Waals surface area contributed by atoms with Crippen molar-refractivity contribution in [1.82, 2.24) is 4.57 Å². The molecule has 2 aromatic rings. The summed E-state index contributed by atoms with van der Waals surface area (Å²) in [5.41, 5.74) is 2.49. The highest BCUT2D eigenvalue weighted by Gasteiger charge is 2.13. The molecule has 0 aliphatic rings. The van der Waals surface area contributed by atoms with Crippen LogP contribution >= 0.6 is 27.5 Å². The zero-order chi connectivity index (χ0) is 11.2. The number of rotatable bonds is 1. The van der Waals surface area contributed by atoms with Gasteiger partial charge in [-0.3, -0.25) is 0 Å². The third kappa shape index (κ3) is 1.70. The summed E-state index contributed by atoms with van der Waals surface area (Å²) >= 11 is 9.65. The van der Waals surface area contributed by atoms with E-state index in [1.807, 2.05) is 12.1 Å². The lowest BCUT2D eigenvalue weighted by Crippen LogP contribution is -2.00. The Balaban J connectivity index is 2.87. The summed E-state index contributed by atoms with van der Waals surface area (Å²) in [6, 6.07) is 6.48. The molecule has 0 fully saturated rings. The van der Waals surface area contributed by atoms with Crippen molar-refractivity contribution in [2.75, 3.05) is 0 Å². The van der Waals surface area contributed by atoms with Crippen LogP contribution in [0.1, 0.15) is 25.5 Å². The maximum Gasteiger partial charge on any atom is 0.0889 e. The lowest BCUT2D eigenvalue weighted by molar-refractivity contribution is 0.610. The van der Waals surface area contributed by atoms with E-state index in [0.717, 1.165) is 9.63 Å². The van der Waals surface area contributed by atoms with E-state index in [1.54, 1.807) is 0 Å². The van der Waals surface area contributed by atoms with Gasteiger partial charge in [-0.05, 0) is 60.5 Å². The Morgan fingerprint density at radius 2 is 2.00 bits per heavy atom. The molecule has 0 unspecified atom stereocenters. The van der Waals surface area contributed by atoms with Crippen LogP contribution in [0.15, 0.2) is 22.8 Å². The van der Waals surface area contributed by atoms with E-state index >= 15 is 0 Å². The molecule has 0 bridgehead atoms. The van der Waals surface area contributed by atoms with Crippen LogP contribution < -0.4 is 0 Å². The highest BCUT2D eigenvalue weighted by molar-refractivity contribution is 9.10. The third-order valence-corrected chi connectivity index (χ3v) is 3.87. The fourth-order valence-electron chi connectivity index (χ4n) is 1.92. The minimum Gasteiger partial charge on any atom is -0.332 e. The number of benzene rings is 1. The minimum atomic E-state index is 0.441. The zero-order valence-electron chi connectivity index (χ0n) is 9.01. The number of hydrogen-bond acceptors (Lipinski definition) is 0. The SMILES string of the molecule is Cc1c(Br)n(C(C)C)c2ccc(Cl)cc12. The molecule has 0 spiro atoms. The number of nitrogens with zero attached hydrogens (tertiary/aromatic N) is 1. The van der Waals surface area contributed by atoms with Crippen molar-refractivity contribution >= 4 is 38.4 Å². The summed E-state index contributed by atoms with van der Waals surface area (Å²) < 4.78 is 3.43. The van der Waals surface area contributed by atoms with E-state index in [-0.39, 0.29) is 0 Å². The monoisotopic (exact) mass is 285 g/mol. The first-order chi connectivity index (χ1) is 7.02. The first kappa shape index (κ1) is 11.0. The number of halogens is 2. The fraction of sp³-hybridized carbons (Fsp3) is 0.333. The minimum absolute atomic E-state index is 0.441. The second kappa shape index (κ2) is 3.84. The van der Waals surface area contributed by atoms with Crippen LogP contribution in [0.5, 0.6) is 0 Å². The summed E-state index contributed by atoms with van der Waals surface area (Å²) in [6.45, 7) is 6.47. The van der Waals surface area contributed by atoms with Gasteiger partial charge in [0, 0.05) is 22.0 Å². The van der Waals surface area contributed by atoms with Gasteiger partial charge >= 0.3 is 0 Å². The van der Waals surface area contributed by atoms with Crippen LogP contribution in [-0.4, -0.2) is 4.57 Å². The van der Waals surface area contributed by atoms with Crippen LogP contribution in [0.2, 0.25) is 5.02 Å². The van der Waals surface area contributed by atoms with Crippen molar-refractivity contribution in [3.63, 3.8) is 0 Å². The highest BCUT2D eigenvalue weighted by atomic mass is 79.9. The molecular formula is C12H13BrClN. The molecule has 0 amide bonds. The number of aryl methyl sites for hydroxylation is 1. The molecule has 1 nitrogen and oxygen atoms in total. The molecule has 15 heavy (non-hydrogen) atoms. The van der Waals surface area contributed by atoms with Gasteiger partial charge in [0.2, 0.25) is 0 Å². The molecule has 3 heteroatoms. The fourth-order valence-corrected chi connectivity index (χ4v) is 2.91. The molecule has 0 N–H and O–H groups in total.